The lowest BCUT2D eigenvalue weighted by molar-refractivity contribution is -0.121. The molecule has 3 atom stereocenters. The van der Waals surface area contributed by atoms with Gasteiger partial charge in [-0.15, -0.1) is 11.3 Å². The first-order valence-corrected chi connectivity index (χ1v) is 8.01. The van der Waals surface area contributed by atoms with Crippen LogP contribution in [0.15, 0.2) is 23.6 Å². The fraction of sp³-hybridized carbons (Fsp3) is 0.467. The highest BCUT2D eigenvalue weighted by Gasteiger charge is 2.38. The van der Waals surface area contributed by atoms with E-state index in [9.17, 15) is 4.79 Å². The first-order chi connectivity index (χ1) is 9.78. The third kappa shape index (κ3) is 2.21. The summed E-state index contributed by atoms with van der Waals surface area (Å²) in [6, 6.07) is 6.37. The van der Waals surface area contributed by atoms with Crippen molar-refractivity contribution in [2.24, 2.45) is 5.92 Å². The van der Waals surface area contributed by atoms with E-state index in [1.54, 1.807) is 11.3 Å². The van der Waals surface area contributed by atoms with Crippen LogP contribution in [0.4, 0.5) is 0 Å². The Kier molecular flexibility index (Phi) is 2.97. The zero-order chi connectivity index (χ0) is 13.5. The Balaban J connectivity index is 1.41. The summed E-state index contributed by atoms with van der Waals surface area (Å²) in [6.07, 6.45) is 1.61. The van der Waals surface area contributed by atoms with Crippen LogP contribution in [0.3, 0.4) is 0 Å². The molecule has 3 unspecified atom stereocenters. The van der Waals surface area contributed by atoms with Gasteiger partial charge in [0.25, 0.3) is 0 Å². The standard InChI is InChI=1S/C15H17N3OS/c19-15(17-13-9-18-5-3-10(13)8-18)7-11-1-2-14-12(16-11)4-6-20-14/h1-2,4,6,10,13H,3,5,7-9H2,(H,17,19). The number of fused-ring (bicyclic) bond motifs is 3. The van der Waals surface area contributed by atoms with E-state index in [0.29, 0.717) is 18.4 Å². The van der Waals surface area contributed by atoms with Gasteiger partial charge in [-0.25, -0.2) is 0 Å². The van der Waals surface area contributed by atoms with Gasteiger partial charge in [0.1, 0.15) is 0 Å². The molecule has 0 saturated carbocycles. The molecule has 104 valence electrons. The number of piperidine rings is 1. The van der Waals surface area contributed by atoms with Crippen LogP contribution in [0.2, 0.25) is 0 Å². The maximum Gasteiger partial charge on any atom is 0.226 e. The molecular weight excluding hydrogens is 270 g/mol. The Bertz CT molecular complexity index is 653. The second kappa shape index (κ2) is 4.82. The first-order valence-electron chi connectivity index (χ1n) is 7.13. The van der Waals surface area contributed by atoms with Crippen molar-refractivity contribution in [1.29, 1.82) is 0 Å². The third-order valence-corrected chi connectivity index (χ3v) is 5.26. The van der Waals surface area contributed by atoms with Crippen molar-refractivity contribution in [3.8, 4) is 0 Å². The highest BCUT2D eigenvalue weighted by atomic mass is 32.1. The molecule has 0 spiro atoms. The average molecular weight is 287 g/mol. The number of carbonyl (C=O) groups is 1. The number of amides is 1. The second-order valence-electron chi connectivity index (χ2n) is 5.77. The summed E-state index contributed by atoms with van der Waals surface area (Å²) in [6.45, 7) is 3.38. The van der Waals surface area contributed by atoms with Gasteiger partial charge in [0.2, 0.25) is 5.91 Å². The minimum atomic E-state index is 0.103. The molecule has 5 heteroatoms. The molecule has 2 aliphatic rings. The molecule has 4 heterocycles. The molecule has 2 aliphatic heterocycles. The molecule has 0 aromatic carbocycles. The number of nitrogens with one attached hydrogen (secondary N) is 1. The summed E-state index contributed by atoms with van der Waals surface area (Å²) in [5, 5.41) is 5.22. The van der Waals surface area contributed by atoms with Crippen molar-refractivity contribution in [3.63, 3.8) is 0 Å². The summed E-state index contributed by atoms with van der Waals surface area (Å²) < 4.78 is 1.18. The molecule has 2 saturated heterocycles. The summed E-state index contributed by atoms with van der Waals surface area (Å²) in [4.78, 5) is 19.1. The predicted octanol–water partition coefficient (Wildman–Crippen LogP) is 1.66. The molecular formula is C15H17N3OS. The molecule has 0 aliphatic carbocycles. The van der Waals surface area contributed by atoms with Crippen LogP contribution in [0.5, 0.6) is 0 Å². The quantitative estimate of drug-likeness (QED) is 0.934. The van der Waals surface area contributed by atoms with Crippen molar-refractivity contribution in [2.45, 2.75) is 18.9 Å². The Labute approximate surface area is 121 Å². The average Bonchev–Trinajstić information content (AvgIpc) is 3.13. The van der Waals surface area contributed by atoms with Crippen molar-refractivity contribution < 1.29 is 4.79 Å². The molecule has 2 fully saturated rings. The second-order valence-corrected chi connectivity index (χ2v) is 6.71. The van der Waals surface area contributed by atoms with Crippen LogP contribution in [-0.4, -0.2) is 41.5 Å². The van der Waals surface area contributed by atoms with E-state index in [0.717, 1.165) is 24.3 Å². The normalized spacial score (nSPS) is 28.1. The molecule has 1 amide bonds. The summed E-state index contributed by atoms with van der Waals surface area (Å²) in [7, 11) is 0. The van der Waals surface area contributed by atoms with Gasteiger partial charge in [0.15, 0.2) is 0 Å². The van der Waals surface area contributed by atoms with E-state index in [-0.39, 0.29) is 5.91 Å². The number of rotatable bonds is 3. The maximum atomic E-state index is 12.2. The van der Waals surface area contributed by atoms with Crippen molar-refractivity contribution in [1.82, 2.24) is 15.2 Å². The highest BCUT2D eigenvalue weighted by molar-refractivity contribution is 7.17. The van der Waals surface area contributed by atoms with E-state index in [4.69, 9.17) is 0 Å². The minimum absolute atomic E-state index is 0.103. The number of pyridine rings is 1. The molecule has 2 aromatic rings. The lowest BCUT2D eigenvalue weighted by Crippen LogP contribution is -2.43. The molecule has 1 N–H and O–H groups in total. The largest absolute Gasteiger partial charge is 0.351 e. The van der Waals surface area contributed by atoms with Crippen LogP contribution in [0.25, 0.3) is 10.2 Å². The lowest BCUT2D eigenvalue weighted by atomic mass is 10.00. The predicted molar refractivity (Wildman–Crippen MR) is 79.8 cm³/mol. The van der Waals surface area contributed by atoms with Gasteiger partial charge in [-0.3, -0.25) is 9.78 Å². The van der Waals surface area contributed by atoms with Crippen LogP contribution < -0.4 is 5.32 Å². The summed E-state index contributed by atoms with van der Waals surface area (Å²) >= 11 is 1.68. The van der Waals surface area contributed by atoms with Gasteiger partial charge in [0.05, 0.1) is 22.3 Å². The van der Waals surface area contributed by atoms with Crippen LogP contribution in [0.1, 0.15) is 12.1 Å². The molecule has 2 bridgehead atoms. The SMILES string of the molecule is O=C(Cc1ccc2sccc2n1)NC1CN2CCC1C2. The van der Waals surface area contributed by atoms with E-state index in [2.05, 4.69) is 21.3 Å². The van der Waals surface area contributed by atoms with Crippen molar-refractivity contribution >= 4 is 27.5 Å². The minimum Gasteiger partial charge on any atom is -0.351 e. The molecule has 20 heavy (non-hydrogen) atoms. The fourth-order valence-corrected chi connectivity index (χ4v) is 4.09. The van der Waals surface area contributed by atoms with E-state index < -0.39 is 0 Å². The Morgan fingerprint density at radius 1 is 1.40 bits per heavy atom. The Morgan fingerprint density at radius 3 is 3.15 bits per heavy atom. The Morgan fingerprint density at radius 2 is 2.35 bits per heavy atom. The number of carbonyl (C=O) groups excluding carboxylic acids is 1. The zero-order valence-corrected chi connectivity index (χ0v) is 12.0. The smallest absolute Gasteiger partial charge is 0.226 e. The molecule has 2 aromatic heterocycles. The Hall–Kier alpha value is -1.46. The topological polar surface area (TPSA) is 45.2 Å². The number of thiophene rings is 1. The summed E-state index contributed by atoms with van der Waals surface area (Å²) in [5.41, 5.74) is 1.85. The molecule has 4 nitrogen and oxygen atoms in total. The van der Waals surface area contributed by atoms with Crippen molar-refractivity contribution in [2.75, 3.05) is 19.6 Å². The third-order valence-electron chi connectivity index (χ3n) is 4.39. The monoisotopic (exact) mass is 287 g/mol. The first kappa shape index (κ1) is 12.3. The van der Waals surface area contributed by atoms with Gasteiger partial charge in [0, 0.05) is 19.1 Å². The van der Waals surface area contributed by atoms with Gasteiger partial charge in [-0.05, 0) is 42.5 Å². The lowest BCUT2D eigenvalue weighted by Gasteiger charge is -2.23. The molecule has 4 rings (SSSR count). The molecule has 0 radical (unpaired) electrons. The van der Waals surface area contributed by atoms with Gasteiger partial charge in [-0.1, -0.05) is 0 Å². The van der Waals surface area contributed by atoms with Crippen molar-refractivity contribution in [3.05, 3.63) is 29.3 Å². The van der Waals surface area contributed by atoms with Crippen LogP contribution >= 0.6 is 11.3 Å². The van der Waals surface area contributed by atoms with Gasteiger partial charge in [-0.2, -0.15) is 0 Å². The van der Waals surface area contributed by atoms with E-state index in [1.807, 2.05) is 17.5 Å². The number of aromatic nitrogens is 1. The van der Waals surface area contributed by atoms with Gasteiger partial charge >= 0.3 is 0 Å². The number of nitrogens with zero attached hydrogens (tertiary/aromatic N) is 2. The van der Waals surface area contributed by atoms with Crippen LogP contribution in [-0.2, 0) is 11.2 Å². The van der Waals surface area contributed by atoms with Gasteiger partial charge < -0.3 is 10.2 Å². The number of hydrogen-bond donors (Lipinski definition) is 1. The highest BCUT2D eigenvalue weighted by Crippen LogP contribution is 2.27. The zero-order valence-electron chi connectivity index (χ0n) is 11.2. The van der Waals surface area contributed by atoms with E-state index >= 15 is 0 Å². The maximum absolute atomic E-state index is 12.2. The summed E-state index contributed by atoms with van der Waals surface area (Å²) in [5.74, 6) is 0.761. The fourth-order valence-electron chi connectivity index (χ4n) is 3.36. The van der Waals surface area contributed by atoms with E-state index in [1.165, 1.54) is 17.7 Å². The number of hydrogen-bond acceptors (Lipinski definition) is 4. The van der Waals surface area contributed by atoms with Crippen LogP contribution in [0, 0.1) is 5.92 Å².